The van der Waals surface area contributed by atoms with Crippen molar-refractivity contribution in [1.82, 2.24) is 25.6 Å². The summed E-state index contributed by atoms with van der Waals surface area (Å²) in [4.78, 5) is 11.9. The van der Waals surface area contributed by atoms with Crippen LogP contribution in [-0.2, 0) is 4.74 Å². The van der Waals surface area contributed by atoms with E-state index >= 15 is 0 Å². The van der Waals surface area contributed by atoms with Crippen molar-refractivity contribution in [2.45, 2.75) is 0 Å². The lowest BCUT2D eigenvalue weighted by atomic mass is 10.3. The number of para-hydroxylation sites is 1. The van der Waals surface area contributed by atoms with Crippen LogP contribution in [0.5, 0.6) is 0 Å². The standard InChI is InChI=1S/C14H19N5O2/c1-21-10-9-15-7-8-16-14(20)13-11-19(18-17-13)12-5-3-2-4-6-12/h2-6,11,15H,7-10H2,1H3,(H,16,20). The summed E-state index contributed by atoms with van der Waals surface area (Å²) >= 11 is 0. The third-order valence-corrected chi connectivity index (χ3v) is 2.82. The SMILES string of the molecule is COCCNCCNC(=O)c1cn(-c2ccccc2)nn1. The van der Waals surface area contributed by atoms with Gasteiger partial charge in [0.15, 0.2) is 5.69 Å². The number of rotatable bonds is 8. The lowest BCUT2D eigenvalue weighted by molar-refractivity contribution is 0.0948. The second-order valence-electron chi connectivity index (χ2n) is 4.38. The molecule has 0 saturated heterocycles. The highest BCUT2D eigenvalue weighted by atomic mass is 16.5. The average Bonchev–Trinajstić information content (AvgIpc) is 3.01. The van der Waals surface area contributed by atoms with Crippen LogP contribution in [0.15, 0.2) is 36.5 Å². The van der Waals surface area contributed by atoms with Gasteiger partial charge < -0.3 is 15.4 Å². The van der Waals surface area contributed by atoms with E-state index in [2.05, 4.69) is 20.9 Å². The Morgan fingerprint density at radius 2 is 2.05 bits per heavy atom. The molecule has 0 atom stereocenters. The number of aromatic nitrogens is 3. The van der Waals surface area contributed by atoms with Gasteiger partial charge in [-0.15, -0.1) is 5.10 Å². The first-order valence-electron chi connectivity index (χ1n) is 6.77. The summed E-state index contributed by atoms with van der Waals surface area (Å²) in [6.45, 7) is 2.62. The molecule has 0 saturated carbocycles. The van der Waals surface area contributed by atoms with Gasteiger partial charge in [0.25, 0.3) is 5.91 Å². The molecule has 1 heterocycles. The molecule has 0 aliphatic rings. The van der Waals surface area contributed by atoms with Crippen LogP contribution >= 0.6 is 0 Å². The van der Waals surface area contributed by atoms with E-state index in [4.69, 9.17) is 4.74 Å². The zero-order valence-corrected chi connectivity index (χ0v) is 12.0. The first-order valence-corrected chi connectivity index (χ1v) is 6.77. The lowest BCUT2D eigenvalue weighted by Crippen LogP contribution is -2.33. The second-order valence-corrected chi connectivity index (χ2v) is 4.38. The van der Waals surface area contributed by atoms with Gasteiger partial charge in [-0.1, -0.05) is 23.4 Å². The quantitative estimate of drug-likeness (QED) is 0.680. The third kappa shape index (κ3) is 4.66. The smallest absolute Gasteiger partial charge is 0.273 e. The molecule has 1 amide bonds. The van der Waals surface area contributed by atoms with Crippen LogP contribution in [0, 0.1) is 0 Å². The molecule has 7 nitrogen and oxygen atoms in total. The molecule has 0 aliphatic carbocycles. The summed E-state index contributed by atoms with van der Waals surface area (Å²) in [6.07, 6.45) is 1.61. The minimum atomic E-state index is -0.231. The second kappa shape index (κ2) is 8.13. The first-order chi connectivity index (χ1) is 10.3. The lowest BCUT2D eigenvalue weighted by Gasteiger charge is -2.04. The number of carbonyl (C=O) groups is 1. The van der Waals surface area contributed by atoms with Gasteiger partial charge in [0, 0.05) is 26.7 Å². The fourth-order valence-corrected chi connectivity index (χ4v) is 1.73. The zero-order valence-electron chi connectivity index (χ0n) is 12.0. The van der Waals surface area contributed by atoms with E-state index in [-0.39, 0.29) is 5.91 Å². The summed E-state index contributed by atoms with van der Waals surface area (Å²) in [7, 11) is 1.65. The molecule has 0 unspecified atom stereocenters. The van der Waals surface area contributed by atoms with E-state index in [0.717, 1.165) is 12.2 Å². The summed E-state index contributed by atoms with van der Waals surface area (Å²) in [5, 5.41) is 13.8. The predicted molar refractivity (Wildman–Crippen MR) is 78.4 cm³/mol. The summed E-state index contributed by atoms with van der Waals surface area (Å²) in [5.74, 6) is -0.231. The van der Waals surface area contributed by atoms with E-state index in [1.807, 2.05) is 30.3 Å². The normalized spacial score (nSPS) is 10.5. The number of carbonyl (C=O) groups excluding carboxylic acids is 1. The molecule has 0 bridgehead atoms. The maximum atomic E-state index is 11.9. The maximum Gasteiger partial charge on any atom is 0.273 e. The van der Waals surface area contributed by atoms with Crippen LogP contribution < -0.4 is 10.6 Å². The Morgan fingerprint density at radius 3 is 2.81 bits per heavy atom. The van der Waals surface area contributed by atoms with Crippen molar-refractivity contribution in [3.05, 3.63) is 42.2 Å². The highest BCUT2D eigenvalue weighted by Crippen LogP contribution is 2.05. The van der Waals surface area contributed by atoms with Gasteiger partial charge in [-0.3, -0.25) is 4.79 Å². The molecule has 0 radical (unpaired) electrons. The van der Waals surface area contributed by atoms with Crippen molar-refractivity contribution in [3.8, 4) is 5.69 Å². The number of ether oxygens (including phenoxy) is 1. The monoisotopic (exact) mass is 289 g/mol. The van der Waals surface area contributed by atoms with Crippen molar-refractivity contribution < 1.29 is 9.53 Å². The Labute approximate surface area is 123 Å². The van der Waals surface area contributed by atoms with Crippen LogP contribution in [0.1, 0.15) is 10.5 Å². The molecule has 0 fully saturated rings. The zero-order chi connectivity index (χ0) is 14.9. The minimum Gasteiger partial charge on any atom is -0.383 e. The van der Waals surface area contributed by atoms with Crippen molar-refractivity contribution in [1.29, 1.82) is 0 Å². The predicted octanol–water partition coefficient (Wildman–Crippen LogP) is 0.233. The van der Waals surface area contributed by atoms with Crippen molar-refractivity contribution in [2.24, 2.45) is 0 Å². The average molecular weight is 289 g/mol. The summed E-state index contributed by atoms with van der Waals surface area (Å²) < 4.78 is 6.49. The molecule has 1 aromatic carbocycles. The highest BCUT2D eigenvalue weighted by Gasteiger charge is 2.10. The fraction of sp³-hybridized carbons (Fsp3) is 0.357. The van der Waals surface area contributed by atoms with E-state index in [9.17, 15) is 4.79 Å². The Balaban J connectivity index is 1.80. The van der Waals surface area contributed by atoms with Crippen LogP contribution in [0.4, 0.5) is 0 Å². The van der Waals surface area contributed by atoms with E-state index in [1.54, 1.807) is 18.0 Å². The fourth-order valence-electron chi connectivity index (χ4n) is 1.73. The Kier molecular flexibility index (Phi) is 5.86. The number of nitrogens with zero attached hydrogens (tertiary/aromatic N) is 3. The Morgan fingerprint density at radius 1 is 1.24 bits per heavy atom. The molecule has 2 aromatic rings. The van der Waals surface area contributed by atoms with Gasteiger partial charge in [0.2, 0.25) is 0 Å². The van der Waals surface area contributed by atoms with Crippen molar-refractivity contribution in [2.75, 3.05) is 33.4 Å². The third-order valence-electron chi connectivity index (χ3n) is 2.82. The van der Waals surface area contributed by atoms with E-state index < -0.39 is 0 Å². The molecular weight excluding hydrogens is 270 g/mol. The molecule has 0 aliphatic heterocycles. The molecule has 7 heteroatoms. The number of methoxy groups -OCH3 is 1. The van der Waals surface area contributed by atoms with Crippen LogP contribution in [0.25, 0.3) is 5.69 Å². The number of hydrogen-bond acceptors (Lipinski definition) is 5. The molecular formula is C14H19N5O2. The molecule has 112 valence electrons. The van der Waals surface area contributed by atoms with Gasteiger partial charge in [-0.2, -0.15) is 0 Å². The molecule has 2 N–H and O–H groups in total. The Hall–Kier alpha value is -2.25. The maximum absolute atomic E-state index is 11.9. The van der Waals surface area contributed by atoms with Crippen molar-refractivity contribution in [3.63, 3.8) is 0 Å². The van der Waals surface area contributed by atoms with Crippen molar-refractivity contribution >= 4 is 5.91 Å². The van der Waals surface area contributed by atoms with Gasteiger partial charge in [0.05, 0.1) is 18.5 Å². The molecule has 2 rings (SSSR count). The highest BCUT2D eigenvalue weighted by molar-refractivity contribution is 5.91. The summed E-state index contributed by atoms with van der Waals surface area (Å²) in [6, 6.07) is 9.53. The van der Waals surface area contributed by atoms with Gasteiger partial charge in [-0.05, 0) is 12.1 Å². The van der Waals surface area contributed by atoms with E-state index in [0.29, 0.717) is 25.4 Å². The van der Waals surface area contributed by atoms with E-state index in [1.165, 1.54) is 0 Å². The summed E-state index contributed by atoms with van der Waals surface area (Å²) in [5.41, 5.74) is 1.17. The Bertz CT molecular complexity index is 556. The number of hydrogen-bond donors (Lipinski definition) is 2. The first kappa shape index (κ1) is 15.1. The topological polar surface area (TPSA) is 81.1 Å². The van der Waals surface area contributed by atoms with Gasteiger partial charge in [0.1, 0.15) is 0 Å². The van der Waals surface area contributed by atoms with Gasteiger partial charge in [-0.25, -0.2) is 4.68 Å². The van der Waals surface area contributed by atoms with Crippen LogP contribution in [0.3, 0.4) is 0 Å². The van der Waals surface area contributed by atoms with Crippen LogP contribution in [-0.4, -0.2) is 54.3 Å². The van der Waals surface area contributed by atoms with Gasteiger partial charge >= 0.3 is 0 Å². The number of nitrogens with one attached hydrogen (secondary N) is 2. The number of amides is 1. The number of benzene rings is 1. The molecule has 21 heavy (non-hydrogen) atoms. The van der Waals surface area contributed by atoms with Crippen LogP contribution in [0.2, 0.25) is 0 Å². The minimum absolute atomic E-state index is 0.231. The molecule has 0 spiro atoms. The molecule has 1 aromatic heterocycles. The largest absolute Gasteiger partial charge is 0.383 e.